The number of phenolic OH excluding ortho intramolecular Hbond substituents is 1. The molecule has 3 N–H and O–H groups in total. The van der Waals surface area contributed by atoms with E-state index in [-0.39, 0.29) is 41.1 Å². The van der Waals surface area contributed by atoms with Crippen LogP contribution in [0.5, 0.6) is 17.2 Å². The van der Waals surface area contributed by atoms with Crippen LogP contribution in [0.4, 0.5) is 0 Å². The second-order valence-corrected chi connectivity index (χ2v) is 6.56. The molecule has 0 atom stereocenters. The number of hydrogen-bond acceptors (Lipinski definition) is 7. The topological polar surface area (TPSA) is 132 Å². The number of primary amides is 1. The molecule has 0 saturated heterocycles. The molecule has 0 fully saturated rings. The van der Waals surface area contributed by atoms with E-state index in [1.165, 1.54) is 12.1 Å². The van der Waals surface area contributed by atoms with E-state index in [0.29, 0.717) is 17.1 Å². The van der Waals surface area contributed by atoms with E-state index in [2.05, 4.69) is 11.1 Å². The lowest BCUT2D eigenvalue weighted by Gasteiger charge is -2.14. The summed E-state index contributed by atoms with van der Waals surface area (Å²) in [6, 6.07) is 10.7. The lowest BCUT2D eigenvalue weighted by Crippen LogP contribution is -2.29. The van der Waals surface area contributed by atoms with E-state index in [9.17, 15) is 19.5 Å². The summed E-state index contributed by atoms with van der Waals surface area (Å²) in [5.74, 6) is -1.41. The summed E-state index contributed by atoms with van der Waals surface area (Å²) < 4.78 is 10.6. The predicted molar refractivity (Wildman–Crippen MR) is 97.5 cm³/mol. The standard InChI is InChI=1S/C20H12N3O6/c21-18(25)12-3-2-10-6-11-15(17(24)16(10)22-12)20(27)23(19(11)26)7-9-1-4-13-14(5-9)29-8-28-13/h1-5,24H,7-8H2,(H2,21,25). The number of carbonyl (C=O) groups excluding carboxylic acids is 3. The number of nitrogens with two attached hydrogens (primary N) is 1. The zero-order chi connectivity index (χ0) is 20.3. The van der Waals surface area contributed by atoms with Crippen LogP contribution in [-0.4, -0.2) is 39.5 Å². The first-order valence-electron chi connectivity index (χ1n) is 8.57. The van der Waals surface area contributed by atoms with Crippen molar-refractivity contribution in [1.82, 2.24) is 9.88 Å². The Morgan fingerprint density at radius 2 is 1.97 bits per heavy atom. The Morgan fingerprint density at radius 1 is 1.17 bits per heavy atom. The van der Waals surface area contributed by atoms with Crippen molar-refractivity contribution in [3.63, 3.8) is 0 Å². The van der Waals surface area contributed by atoms with Crippen LogP contribution in [-0.2, 0) is 6.54 Å². The average molecular weight is 390 g/mol. The molecule has 2 aliphatic rings. The average Bonchev–Trinajstić information content (AvgIpc) is 3.26. The number of amides is 3. The highest BCUT2D eigenvalue weighted by Crippen LogP contribution is 2.37. The summed E-state index contributed by atoms with van der Waals surface area (Å²) in [6.45, 7) is 0.0914. The van der Waals surface area contributed by atoms with Crippen LogP contribution in [0.2, 0.25) is 0 Å². The number of imide groups is 1. The summed E-state index contributed by atoms with van der Waals surface area (Å²) in [6.07, 6.45) is 0. The number of fused-ring (bicyclic) bond motifs is 3. The molecule has 3 amide bonds. The van der Waals surface area contributed by atoms with Gasteiger partial charge in [0.1, 0.15) is 11.2 Å². The fourth-order valence-corrected chi connectivity index (χ4v) is 3.41. The quantitative estimate of drug-likeness (QED) is 0.645. The normalized spacial score (nSPS) is 14.6. The molecule has 9 heteroatoms. The summed E-state index contributed by atoms with van der Waals surface area (Å²) in [5.41, 5.74) is 5.54. The van der Waals surface area contributed by atoms with Crippen molar-refractivity contribution in [3.8, 4) is 17.2 Å². The Labute approximate surface area is 163 Å². The maximum atomic E-state index is 12.9. The molecule has 2 aromatic carbocycles. The molecule has 0 saturated carbocycles. The number of benzene rings is 2. The lowest BCUT2D eigenvalue weighted by atomic mass is 10.0. The minimum absolute atomic E-state index is 0.0213. The SMILES string of the molecule is NC(=O)c1ccc2[c]c3c(c(O)c2n1)C(=O)N(Cc1ccc2c(c1)OCO2)C3=O. The highest BCUT2D eigenvalue weighted by molar-refractivity contribution is 6.24. The van der Waals surface area contributed by atoms with Crippen LogP contribution >= 0.6 is 0 Å². The number of pyridine rings is 1. The molecule has 5 rings (SSSR count). The monoisotopic (exact) mass is 390 g/mol. The van der Waals surface area contributed by atoms with Crippen molar-refractivity contribution < 1.29 is 29.0 Å². The van der Waals surface area contributed by atoms with E-state index in [1.54, 1.807) is 18.2 Å². The van der Waals surface area contributed by atoms with Crippen LogP contribution in [0.25, 0.3) is 10.9 Å². The highest BCUT2D eigenvalue weighted by atomic mass is 16.7. The first kappa shape index (κ1) is 17.0. The number of aromatic hydroxyl groups is 1. The highest BCUT2D eigenvalue weighted by Gasteiger charge is 2.39. The fourth-order valence-electron chi connectivity index (χ4n) is 3.41. The number of phenols is 1. The summed E-state index contributed by atoms with van der Waals surface area (Å²) in [4.78, 5) is 42.1. The zero-order valence-corrected chi connectivity index (χ0v) is 14.8. The van der Waals surface area contributed by atoms with Crippen LogP contribution in [0.3, 0.4) is 0 Å². The van der Waals surface area contributed by atoms with Gasteiger partial charge in [0, 0.05) is 11.5 Å². The van der Waals surface area contributed by atoms with Crippen molar-refractivity contribution in [2.24, 2.45) is 5.73 Å². The molecule has 0 aliphatic carbocycles. The van der Waals surface area contributed by atoms with Crippen molar-refractivity contribution >= 4 is 28.6 Å². The molecular weight excluding hydrogens is 378 g/mol. The molecule has 143 valence electrons. The number of hydrogen-bond donors (Lipinski definition) is 2. The van der Waals surface area contributed by atoms with Gasteiger partial charge in [-0.3, -0.25) is 19.3 Å². The number of nitrogens with zero attached hydrogens (tertiary/aromatic N) is 2. The molecule has 29 heavy (non-hydrogen) atoms. The first-order chi connectivity index (χ1) is 13.9. The lowest BCUT2D eigenvalue weighted by molar-refractivity contribution is 0.0641. The first-order valence-corrected chi connectivity index (χ1v) is 8.57. The molecular formula is C20H12N3O6. The Kier molecular flexibility index (Phi) is 3.47. The zero-order valence-electron chi connectivity index (χ0n) is 14.8. The molecule has 3 aromatic rings. The molecule has 2 aliphatic heterocycles. The van der Waals surface area contributed by atoms with Crippen LogP contribution in [0, 0.1) is 6.07 Å². The number of aromatic nitrogens is 1. The van der Waals surface area contributed by atoms with Gasteiger partial charge in [-0.25, -0.2) is 4.98 Å². The van der Waals surface area contributed by atoms with Crippen molar-refractivity contribution in [2.75, 3.05) is 6.79 Å². The summed E-state index contributed by atoms with van der Waals surface area (Å²) >= 11 is 0. The van der Waals surface area contributed by atoms with Gasteiger partial charge < -0.3 is 20.3 Å². The van der Waals surface area contributed by atoms with Gasteiger partial charge >= 0.3 is 0 Å². The van der Waals surface area contributed by atoms with Crippen molar-refractivity contribution in [3.05, 3.63) is 58.8 Å². The van der Waals surface area contributed by atoms with E-state index >= 15 is 0 Å². The van der Waals surface area contributed by atoms with Crippen molar-refractivity contribution in [1.29, 1.82) is 0 Å². The molecule has 1 aromatic heterocycles. The van der Waals surface area contributed by atoms with Gasteiger partial charge in [0.25, 0.3) is 17.7 Å². The molecule has 0 unspecified atom stereocenters. The Bertz CT molecular complexity index is 1250. The van der Waals surface area contributed by atoms with Crippen LogP contribution in [0.1, 0.15) is 36.8 Å². The Morgan fingerprint density at radius 3 is 2.76 bits per heavy atom. The van der Waals surface area contributed by atoms with Crippen LogP contribution < -0.4 is 15.2 Å². The largest absolute Gasteiger partial charge is 0.505 e. The van der Waals surface area contributed by atoms with Gasteiger partial charge in [-0.1, -0.05) is 6.07 Å². The van der Waals surface area contributed by atoms with E-state index in [4.69, 9.17) is 15.2 Å². The van der Waals surface area contributed by atoms with Gasteiger partial charge in [-0.05, 0) is 29.8 Å². The molecule has 3 heterocycles. The summed E-state index contributed by atoms with van der Waals surface area (Å²) in [7, 11) is 0. The van der Waals surface area contributed by atoms with E-state index < -0.39 is 23.5 Å². The third-order valence-corrected chi connectivity index (χ3v) is 4.81. The Balaban J connectivity index is 1.56. The smallest absolute Gasteiger partial charge is 0.267 e. The second-order valence-electron chi connectivity index (χ2n) is 6.56. The molecule has 0 bridgehead atoms. The van der Waals surface area contributed by atoms with Crippen LogP contribution in [0.15, 0.2) is 30.3 Å². The number of carbonyl (C=O) groups is 3. The summed E-state index contributed by atoms with van der Waals surface area (Å²) in [5, 5.41) is 10.9. The maximum Gasteiger partial charge on any atom is 0.267 e. The van der Waals surface area contributed by atoms with Gasteiger partial charge in [-0.2, -0.15) is 0 Å². The van der Waals surface area contributed by atoms with E-state index in [1.807, 2.05) is 0 Å². The third-order valence-electron chi connectivity index (χ3n) is 4.81. The molecule has 1 radical (unpaired) electrons. The number of rotatable bonds is 3. The minimum Gasteiger partial charge on any atom is -0.505 e. The van der Waals surface area contributed by atoms with Gasteiger partial charge in [0.15, 0.2) is 17.2 Å². The maximum absolute atomic E-state index is 12.9. The second kappa shape index (κ2) is 5.93. The predicted octanol–water partition coefficient (Wildman–Crippen LogP) is 1.36. The van der Waals surface area contributed by atoms with Gasteiger partial charge in [-0.15, -0.1) is 0 Å². The van der Waals surface area contributed by atoms with E-state index in [0.717, 1.165) is 4.90 Å². The van der Waals surface area contributed by atoms with Gasteiger partial charge in [0.2, 0.25) is 6.79 Å². The molecule has 9 nitrogen and oxygen atoms in total. The number of ether oxygens (including phenoxy) is 2. The van der Waals surface area contributed by atoms with Crippen molar-refractivity contribution in [2.45, 2.75) is 6.54 Å². The Hall–Kier alpha value is -4.14. The molecule has 0 spiro atoms. The third kappa shape index (κ3) is 2.48. The minimum atomic E-state index is -0.779. The van der Waals surface area contributed by atoms with Gasteiger partial charge in [0.05, 0.1) is 17.7 Å². The fraction of sp³-hybridized carbons (Fsp3) is 0.100.